The molecule has 1 N–H and O–H groups in total. The van der Waals surface area contributed by atoms with E-state index in [-0.39, 0.29) is 5.91 Å². The van der Waals surface area contributed by atoms with Crippen molar-refractivity contribution >= 4 is 21.6 Å². The molecule has 0 spiro atoms. The molecule has 0 unspecified atom stereocenters. The van der Waals surface area contributed by atoms with Gasteiger partial charge in [0, 0.05) is 5.56 Å². The van der Waals surface area contributed by atoms with E-state index in [1.807, 2.05) is 44.2 Å². The Bertz CT molecular complexity index is 984. The van der Waals surface area contributed by atoms with Crippen molar-refractivity contribution in [2.24, 2.45) is 0 Å². The summed E-state index contributed by atoms with van der Waals surface area (Å²) in [6, 6.07) is 15.1. The van der Waals surface area contributed by atoms with Crippen molar-refractivity contribution < 1.29 is 18.1 Å². The van der Waals surface area contributed by atoms with Crippen LogP contribution in [0.4, 0.5) is 5.69 Å². The van der Waals surface area contributed by atoms with Crippen molar-refractivity contribution in [1.82, 2.24) is 4.90 Å². The molecule has 0 radical (unpaired) electrons. The van der Waals surface area contributed by atoms with Crippen molar-refractivity contribution in [3.63, 3.8) is 0 Å². The minimum atomic E-state index is -3.60. The molecule has 6 nitrogen and oxygen atoms in total. The van der Waals surface area contributed by atoms with Gasteiger partial charge in [-0.05, 0) is 44.0 Å². The van der Waals surface area contributed by atoms with Crippen LogP contribution in [0.5, 0.6) is 0 Å². The summed E-state index contributed by atoms with van der Waals surface area (Å²) < 4.78 is 26.4. The Kier molecular flexibility index (Phi) is 6.83. The van der Waals surface area contributed by atoms with Crippen LogP contribution in [0.2, 0.25) is 0 Å². The van der Waals surface area contributed by atoms with E-state index in [1.54, 1.807) is 17.9 Å². The van der Waals surface area contributed by atoms with E-state index in [9.17, 15) is 13.2 Å². The van der Waals surface area contributed by atoms with Crippen molar-refractivity contribution in [2.45, 2.75) is 33.4 Å². The third kappa shape index (κ3) is 5.21. The number of benzene rings is 2. The molecule has 1 aliphatic rings. The zero-order chi connectivity index (χ0) is 21.9. The number of piperazine rings is 1. The fraction of sp³-hybridized carbons (Fsp3) is 0.435. The van der Waals surface area contributed by atoms with Crippen molar-refractivity contribution in [2.75, 3.05) is 36.7 Å². The van der Waals surface area contributed by atoms with Gasteiger partial charge in [-0.15, -0.1) is 0 Å². The van der Waals surface area contributed by atoms with E-state index in [0.29, 0.717) is 18.8 Å². The summed E-state index contributed by atoms with van der Waals surface area (Å²) in [6.45, 7) is 9.53. The first-order chi connectivity index (χ1) is 14.2. The minimum Gasteiger partial charge on any atom is -0.330 e. The van der Waals surface area contributed by atoms with E-state index < -0.39 is 16.1 Å². The molecule has 0 saturated carbocycles. The quantitative estimate of drug-likeness (QED) is 0.753. The molecule has 0 bridgehead atoms. The number of sulfonamides is 1. The molecule has 0 aromatic heterocycles. The normalized spacial score (nSPS) is 16.3. The third-order valence-corrected chi connectivity index (χ3v) is 7.13. The van der Waals surface area contributed by atoms with E-state index in [2.05, 4.69) is 12.1 Å². The molecule has 1 atom stereocenters. The second-order valence-electron chi connectivity index (χ2n) is 8.24. The Labute approximate surface area is 180 Å². The number of carbonyl (C=O) groups is 1. The Balaban J connectivity index is 1.69. The van der Waals surface area contributed by atoms with Crippen LogP contribution in [0.15, 0.2) is 48.5 Å². The molecule has 1 saturated heterocycles. The lowest BCUT2D eigenvalue weighted by molar-refractivity contribution is -0.917. The molecular weight excluding hydrogens is 398 g/mol. The zero-order valence-corrected chi connectivity index (χ0v) is 19.1. The first-order valence-electron chi connectivity index (χ1n) is 10.4. The van der Waals surface area contributed by atoms with Crippen molar-refractivity contribution in [3.05, 3.63) is 65.2 Å². The van der Waals surface area contributed by atoms with Gasteiger partial charge in [-0.3, -0.25) is 9.10 Å². The third-order valence-electron chi connectivity index (χ3n) is 5.89. The van der Waals surface area contributed by atoms with Gasteiger partial charge in [-0.2, -0.15) is 0 Å². The number of nitrogens with one attached hydrogen (secondary N) is 1. The zero-order valence-electron chi connectivity index (χ0n) is 18.3. The number of nitrogens with zero attached hydrogens (tertiary/aromatic N) is 2. The van der Waals surface area contributed by atoms with Gasteiger partial charge in [0.1, 0.15) is 12.6 Å². The molecule has 1 aliphatic heterocycles. The smallest absolute Gasteiger partial charge is 0.246 e. The maximum absolute atomic E-state index is 13.2. The van der Waals surface area contributed by atoms with E-state index in [0.717, 1.165) is 37.0 Å². The van der Waals surface area contributed by atoms with Crippen LogP contribution < -0.4 is 9.21 Å². The van der Waals surface area contributed by atoms with Gasteiger partial charge in [-0.25, -0.2) is 8.42 Å². The lowest BCUT2D eigenvalue weighted by Crippen LogP contribution is -3.13. The van der Waals surface area contributed by atoms with E-state index >= 15 is 0 Å². The van der Waals surface area contributed by atoms with Gasteiger partial charge in [0.15, 0.2) is 0 Å². The number of quaternary nitrogens is 1. The molecule has 1 fully saturated rings. The van der Waals surface area contributed by atoms with E-state index in [4.69, 9.17) is 0 Å². The Hall–Kier alpha value is -2.38. The summed E-state index contributed by atoms with van der Waals surface area (Å²) in [4.78, 5) is 16.4. The highest BCUT2D eigenvalue weighted by Gasteiger charge is 2.34. The van der Waals surface area contributed by atoms with Crippen LogP contribution in [0.1, 0.15) is 23.6 Å². The second kappa shape index (κ2) is 9.18. The van der Waals surface area contributed by atoms with Gasteiger partial charge in [0.05, 0.1) is 38.1 Å². The SMILES string of the molecule is Cc1ccc(N([C@H](C)C(=O)N2CC[NH+](Cc3ccccc3)CC2)S(C)(=O)=O)cc1C. The van der Waals surface area contributed by atoms with E-state index in [1.165, 1.54) is 14.8 Å². The lowest BCUT2D eigenvalue weighted by Gasteiger charge is -2.36. The van der Waals surface area contributed by atoms with Crippen LogP contribution in [-0.2, 0) is 21.4 Å². The van der Waals surface area contributed by atoms with Crippen molar-refractivity contribution in [3.8, 4) is 0 Å². The molecule has 30 heavy (non-hydrogen) atoms. The van der Waals surface area contributed by atoms with Crippen LogP contribution in [-0.4, -0.2) is 57.7 Å². The van der Waals surface area contributed by atoms with Gasteiger partial charge < -0.3 is 9.80 Å². The van der Waals surface area contributed by atoms with Crippen LogP contribution >= 0.6 is 0 Å². The first kappa shape index (κ1) is 22.3. The second-order valence-corrected chi connectivity index (χ2v) is 10.1. The predicted molar refractivity (Wildman–Crippen MR) is 120 cm³/mol. The summed E-state index contributed by atoms with van der Waals surface area (Å²) in [5.41, 5.74) is 3.91. The number of hydrogen-bond donors (Lipinski definition) is 1. The summed E-state index contributed by atoms with van der Waals surface area (Å²) >= 11 is 0. The number of amides is 1. The highest BCUT2D eigenvalue weighted by atomic mass is 32.2. The molecule has 2 aromatic carbocycles. The fourth-order valence-electron chi connectivity index (χ4n) is 4.03. The largest absolute Gasteiger partial charge is 0.330 e. The predicted octanol–water partition coefficient (Wildman–Crippen LogP) is 1.39. The molecule has 0 aliphatic carbocycles. The van der Waals surface area contributed by atoms with Crippen LogP contribution in [0.3, 0.4) is 0 Å². The van der Waals surface area contributed by atoms with Gasteiger partial charge in [0.25, 0.3) is 0 Å². The number of aryl methyl sites for hydroxylation is 2. The maximum atomic E-state index is 13.2. The number of anilines is 1. The number of hydrogen-bond acceptors (Lipinski definition) is 3. The Morgan fingerprint density at radius 2 is 1.70 bits per heavy atom. The highest BCUT2D eigenvalue weighted by Crippen LogP contribution is 2.24. The molecule has 162 valence electrons. The Morgan fingerprint density at radius 3 is 2.27 bits per heavy atom. The topological polar surface area (TPSA) is 62.1 Å². The molecule has 3 rings (SSSR count). The maximum Gasteiger partial charge on any atom is 0.246 e. The van der Waals surface area contributed by atoms with Gasteiger partial charge >= 0.3 is 0 Å². The van der Waals surface area contributed by atoms with Gasteiger partial charge in [-0.1, -0.05) is 36.4 Å². The molecule has 1 amide bonds. The number of rotatable bonds is 6. The number of carbonyl (C=O) groups excluding carboxylic acids is 1. The van der Waals surface area contributed by atoms with Crippen LogP contribution in [0, 0.1) is 13.8 Å². The lowest BCUT2D eigenvalue weighted by atomic mass is 10.1. The molecular formula is C23H32N3O3S+. The highest BCUT2D eigenvalue weighted by molar-refractivity contribution is 7.92. The fourth-order valence-corrected chi connectivity index (χ4v) is 5.20. The standard InChI is InChI=1S/C23H31N3O3S/c1-18-10-11-22(16-19(18)2)26(30(4,28)29)20(3)23(27)25-14-12-24(13-15-25)17-21-8-6-5-7-9-21/h5-11,16,20H,12-15,17H2,1-4H3/p+1/t20-/m1/s1. The summed E-state index contributed by atoms with van der Waals surface area (Å²) in [6.07, 6.45) is 1.16. The average Bonchev–Trinajstić information content (AvgIpc) is 2.70. The molecule has 2 aromatic rings. The first-order valence-corrected chi connectivity index (χ1v) is 12.2. The monoisotopic (exact) mass is 430 g/mol. The average molecular weight is 431 g/mol. The molecule has 1 heterocycles. The summed E-state index contributed by atoms with van der Waals surface area (Å²) in [7, 11) is -3.60. The van der Waals surface area contributed by atoms with Gasteiger partial charge in [0.2, 0.25) is 15.9 Å². The van der Waals surface area contributed by atoms with Crippen molar-refractivity contribution in [1.29, 1.82) is 0 Å². The Morgan fingerprint density at radius 1 is 1.07 bits per heavy atom. The minimum absolute atomic E-state index is 0.141. The summed E-state index contributed by atoms with van der Waals surface area (Å²) in [5.74, 6) is -0.141. The summed E-state index contributed by atoms with van der Waals surface area (Å²) in [5, 5.41) is 0. The van der Waals surface area contributed by atoms with Crippen LogP contribution in [0.25, 0.3) is 0 Å². The molecule has 7 heteroatoms.